The van der Waals surface area contributed by atoms with Gasteiger partial charge in [0.2, 0.25) is 0 Å². The number of ether oxygens (including phenoxy) is 1. The summed E-state index contributed by atoms with van der Waals surface area (Å²) in [7, 11) is 3.54. The van der Waals surface area contributed by atoms with Gasteiger partial charge in [-0.1, -0.05) is 36.4 Å². The molecule has 2 aromatic carbocycles. The zero-order chi connectivity index (χ0) is 16.4. The smallest absolute Gasteiger partial charge is 0.254 e. The average molecular weight is 307 g/mol. The van der Waals surface area contributed by atoms with Gasteiger partial charge in [0.1, 0.15) is 5.75 Å². The highest BCUT2D eigenvalue weighted by Gasteiger charge is 2.38. The van der Waals surface area contributed by atoms with Crippen LogP contribution in [0.5, 0.6) is 5.75 Å². The molecule has 0 radical (unpaired) electrons. The maximum absolute atomic E-state index is 12.5. The number of allylic oxidation sites excluding steroid dienone is 1. The second-order valence-corrected chi connectivity index (χ2v) is 5.85. The summed E-state index contributed by atoms with van der Waals surface area (Å²) >= 11 is 0. The van der Waals surface area contributed by atoms with Gasteiger partial charge in [-0.2, -0.15) is 0 Å². The van der Waals surface area contributed by atoms with E-state index >= 15 is 0 Å². The molecule has 2 aromatic rings. The Kier molecular flexibility index (Phi) is 4.20. The van der Waals surface area contributed by atoms with Gasteiger partial charge in [-0.05, 0) is 35.7 Å². The molecule has 0 aromatic heterocycles. The molecule has 1 aliphatic rings. The lowest BCUT2D eigenvalue weighted by atomic mass is 9.84. The minimum Gasteiger partial charge on any atom is -0.497 e. The van der Waals surface area contributed by atoms with Gasteiger partial charge in [-0.15, -0.1) is 6.58 Å². The Morgan fingerprint density at radius 1 is 1.22 bits per heavy atom. The van der Waals surface area contributed by atoms with E-state index in [2.05, 4.69) is 24.8 Å². The van der Waals surface area contributed by atoms with Gasteiger partial charge in [0.15, 0.2) is 0 Å². The summed E-state index contributed by atoms with van der Waals surface area (Å²) in [6.07, 6.45) is 2.73. The molecule has 1 amide bonds. The zero-order valence-electron chi connectivity index (χ0n) is 13.5. The highest BCUT2D eigenvalue weighted by Crippen LogP contribution is 2.44. The Balaban J connectivity index is 2.04. The molecule has 118 valence electrons. The fourth-order valence-corrected chi connectivity index (χ4v) is 3.44. The molecule has 1 aliphatic heterocycles. The minimum absolute atomic E-state index is 0.0325. The van der Waals surface area contributed by atoms with Gasteiger partial charge in [-0.25, -0.2) is 0 Å². The van der Waals surface area contributed by atoms with Crippen molar-refractivity contribution < 1.29 is 9.53 Å². The molecule has 23 heavy (non-hydrogen) atoms. The molecule has 3 rings (SSSR count). The Labute approximate surface area is 137 Å². The number of amides is 1. The standard InChI is InChI=1S/C20H21NO2/c1-4-7-16(14-10-12-15(23-3)13-11-14)19-17-8-5-6-9-18(17)20(22)21(19)2/h4-6,8-13,16,19H,1,7H2,2-3H3. The van der Waals surface area contributed by atoms with Crippen molar-refractivity contribution in [2.75, 3.05) is 14.2 Å². The van der Waals surface area contributed by atoms with E-state index in [1.54, 1.807) is 7.11 Å². The number of likely N-dealkylation sites (N-methyl/N-ethyl adjacent to an activating group) is 1. The third-order valence-corrected chi connectivity index (χ3v) is 4.59. The number of rotatable bonds is 5. The Hall–Kier alpha value is -2.55. The van der Waals surface area contributed by atoms with E-state index in [-0.39, 0.29) is 17.9 Å². The minimum atomic E-state index is 0.0325. The molecule has 0 saturated heterocycles. The monoisotopic (exact) mass is 307 g/mol. The first-order valence-corrected chi connectivity index (χ1v) is 7.78. The Morgan fingerprint density at radius 2 is 1.91 bits per heavy atom. The van der Waals surface area contributed by atoms with Crippen molar-refractivity contribution in [2.45, 2.75) is 18.4 Å². The summed E-state index contributed by atoms with van der Waals surface area (Å²) in [5, 5.41) is 0. The van der Waals surface area contributed by atoms with Crippen molar-refractivity contribution in [3.05, 3.63) is 77.9 Å². The predicted molar refractivity (Wildman–Crippen MR) is 91.8 cm³/mol. The molecule has 0 spiro atoms. The van der Waals surface area contributed by atoms with E-state index in [1.807, 2.05) is 48.4 Å². The van der Waals surface area contributed by atoms with Crippen molar-refractivity contribution in [1.29, 1.82) is 0 Å². The van der Waals surface area contributed by atoms with Crippen molar-refractivity contribution in [3.8, 4) is 5.75 Å². The zero-order valence-corrected chi connectivity index (χ0v) is 13.5. The SMILES string of the molecule is C=CCC(c1ccc(OC)cc1)C1c2ccccc2C(=O)N1C. The molecule has 0 aliphatic carbocycles. The summed E-state index contributed by atoms with van der Waals surface area (Å²) in [6.45, 7) is 3.90. The first kappa shape index (κ1) is 15.3. The number of carbonyl (C=O) groups excluding carboxylic acids is 1. The van der Waals surface area contributed by atoms with E-state index in [0.717, 1.165) is 23.3 Å². The second-order valence-electron chi connectivity index (χ2n) is 5.85. The van der Waals surface area contributed by atoms with Crippen LogP contribution in [0.1, 0.15) is 39.9 Å². The van der Waals surface area contributed by atoms with Gasteiger partial charge in [-0.3, -0.25) is 4.79 Å². The third-order valence-electron chi connectivity index (χ3n) is 4.59. The normalized spacial score (nSPS) is 17.7. The van der Waals surface area contributed by atoms with Gasteiger partial charge >= 0.3 is 0 Å². The number of fused-ring (bicyclic) bond motifs is 1. The molecule has 2 unspecified atom stereocenters. The topological polar surface area (TPSA) is 29.5 Å². The molecule has 2 atom stereocenters. The first-order chi connectivity index (χ1) is 11.2. The van der Waals surface area contributed by atoms with Crippen LogP contribution in [0.15, 0.2) is 61.2 Å². The summed E-state index contributed by atoms with van der Waals surface area (Å²) in [6, 6.07) is 16.0. The summed E-state index contributed by atoms with van der Waals surface area (Å²) in [5.74, 6) is 1.10. The number of hydrogen-bond acceptors (Lipinski definition) is 2. The van der Waals surface area contributed by atoms with Crippen molar-refractivity contribution in [3.63, 3.8) is 0 Å². The van der Waals surface area contributed by atoms with Crippen LogP contribution in [-0.4, -0.2) is 25.0 Å². The van der Waals surface area contributed by atoms with Crippen molar-refractivity contribution in [1.82, 2.24) is 4.90 Å². The number of hydrogen-bond donors (Lipinski definition) is 0. The Bertz CT molecular complexity index is 721. The van der Waals surface area contributed by atoms with Crippen LogP contribution in [0.3, 0.4) is 0 Å². The number of carbonyl (C=O) groups is 1. The maximum Gasteiger partial charge on any atom is 0.254 e. The van der Waals surface area contributed by atoms with Crippen molar-refractivity contribution >= 4 is 5.91 Å². The summed E-state index contributed by atoms with van der Waals surface area (Å²) in [5.41, 5.74) is 3.09. The first-order valence-electron chi connectivity index (χ1n) is 7.78. The second kappa shape index (κ2) is 6.29. The van der Waals surface area contributed by atoms with E-state index in [9.17, 15) is 4.79 Å². The quantitative estimate of drug-likeness (QED) is 0.775. The van der Waals surface area contributed by atoms with Gasteiger partial charge in [0, 0.05) is 18.5 Å². The molecule has 0 saturated carbocycles. The fraction of sp³-hybridized carbons (Fsp3) is 0.250. The molecule has 3 nitrogen and oxygen atoms in total. The van der Waals surface area contributed by atoms with Crippen LogP contribution >= 0.6 is 0 Å². The molecule has 0 fully saturated rings. The molecule has 0 N–H and O–H groups in total. The van der Waals surface area contributed by atoms with E-state index in [0.29, 0.717) is 0 Å². The number of nitrogens with zero attached hydrogens (tertiary/aromatic N) is 1. The summed E-state index contributed by atoms with van der Waals surface area (Å²) < 4.78 is 5.24. The third kappa shape index (κ3) is 2.63. The van der Waals surface area contributed by atoms with Crippen LogP contribution in [0, 0.1) is 0 Å². The lowest BCUT2D eigenvalue weighted by Crippen LogP contribution is -2.27. The van der Waals surface area contributed by atoms with E-state index < -0.39 is 0 Å². The number of methoxy groups -OCH3 is 1. The molecular formula is C20H21NO2. The van der Waals surface area contributed by atoms with Crippen LogP contribution in [0.25, 0.3) is 0 Å². The van der Waals surface area contributed by atoms with Crippen molar-refractivity contribution in [2.24, 2.45) is 0 Å². The number of benzene rings is 2. The summed E-state index contributed by atoms with van der Waals surface area (Å²) in [4.78, 5) is 14.4. The van der Waals surface area contributed by atoms with Crippen LogP contribution in [-0.2, 0) is 0 Å². The van der Waals surface area contributed by atoms with Gasteiger partial charge in [0.05, 0.1) is 13.2 Å². The predicted octanol–water partition coefficient (Wildman–Crippen LogP) is 4.18. The lowest BCUT2D eigenvalue weighted by molar-refractivity contribution is 0.0755. The van der Waals surface area contributed by atoms with Crippen LogP contribution < -0.4 is 4.74 Å². The lowest BCUT2D eigenvalue weighted by Gasteiger charge is -2.29. The van der Waals surface area contributed by atoms with E-state index in [1.165, 1.54) is 5.56 Å². The van der Waals surface area contributed by atoms with Gasteiger partial charge < -0.3 is 9.64 Å². The maximum atomic E-state index is 12.5. The molecule has 1 heterocycles. The average Bonchev–Trinajstić information content (AvgIpc) is 2.85. The van der Waals surface area contributed by atoms with Crippen LogP contribution in [0.4, 0.5) is 0 Å². The largest absolute Gasteiger partial charge is 0.497 e. The fourth-order valence-electron chi connectivity index (χ4n) is 3.44. The Morgan fingerprint density at radius 3 is 2.57 bits per heavy atom. The van der Waals surface area contributed by atoms with Gasteiger partial charge in [0.25, 0.3) is 5.91 Å². The van der Waals surface area contributed by atoms with Crippen LogP contribution in [0.2, 0.25) is 0 Å². The highest BCUT2D eigenvalue weighted by atomic mass is 16.5. The van der Waals surface area contributed by atoms with E-state index in [4.69, 9.17) is 4.74 Å². The highest BCUT2D eigenvalue weighted by molar-refractivity contribution is 5.99. The molecule has 3 heteroatoms. The molecule has 0 bridgehead atoms. The molecular weight excluding hydrogens is 286 g/mol.